The summed E-state index contributed by atoms with van der Waals surface area (Å²) in [4.78, 5) is 11.5. The summed E-state index contributed by atoms with van der Waals surface area (Å²) in [6.45, 7) is 4.25. The fraction of sp³-hybridized carbons (Fsp3) is 0.900. The molecular formula is C10H21N3O4S. The van der Waals surface area contributed by atoms with E-state index in [4.69, 9.17) is 4.74 Å². The molecule has 1 amide bonds. The predicted molar refractivity (Wildman–Crippen MR) is 67.7 cm³/mol. The molecule has 0 aromatic carbocycles. The van der Waals surface area contributed by atoms with Crippen LogP contribution < -0.4 is 15.4 Å². The minimum absolute atomic E-state index is 0.101. The summed E-state index contributed by atoms with van der Waals surface area (Å²) in [7, 11) is -3.27. The third-order valence-corrected chi connectivity index (χ3v) is 3.94. The molecule has 106 valence electrons. The third-order valence-electron chi connectivity index (χ3n) is 2.47. The molecule has 18 heavy (non-hydrogen) atoms. The van der Waals surface area contributed by atoms with Crippen LogP contribution in [-0.2, 0) is 19.6 Å². The number of rotatable bonds is 7. The molecule has 0 radical (unpaired) electrons. The number of ether oxygens (including phenoxy) is 1. The first-order valence-corrected chi connectivity index (χ1v) is 7.75. The highest BCUT2D eigenvalue weighted by Crippen LogP contribution is 2.00. The summed E-state index contributed by atoms with van der Waals surface area (Å²) in [5.41, 5.74) is 0. The van der Waals surface area contributed by atoms with Gasteiger partial charge in [0.25, 0.3) is 0 Å². The molecule has 1 fully saturated rings. The van der Waals surface area contributed by atoms with Crippen molar-refractivity contribution in [1.29, 1.82) is 0 Å². The number of hydrogen-bond acceptors (Lipinski definition) is 5. The molecule has 0 saturated carbocycles. The molecule has 0 aliphatic carbocycles. The fourth-order valence-electron chi connectivity index (χ4n) is 1.65. The standard InChI is InChI=1S/C10H21N3O4S/c1-2-13-18(15,16)6-4-12-10(14)7-9-8-11-3-5-17-9/h9,11,13H,2-8H2,1H3,(H,12,14). The molecule has 1 aliphatic rings. The van der Waals surface area contributed by atoms with Crippen molar-refractivity contribution >= 4 is 15.9 Å². The van der Waals surface area contributed by atoms with Crippen molar-refractivity contribution in [3.8, 4) is 0 Å². The SMILES string of the molecule is CCNS(=O)(=O)CCNC(=O)CC1CNCCO1. The predicted octanol–water partition coefficient (Wildman–Crippen LogP) is -1.58. The zero-order valence-electron chi connectivity index (χ0n) is 10.6. The van der Waals surface area contributed by atoms with Crippen molar-refractivity contribution in [2.75, 3.05) is 38.5 Å². The first kappa shape index (κ1) is 15.4. The van der Waals surface area contributed by atoms with Crippen LogP contribution in [0.1, 0.15) is 13.3 Å². The van der Waals surface area contributed by atoms with E-state index in [0.717, 1.165) is 6.54 Å². The summed E-state index contributed by atoms with van der Waals surface area (Å²) >= 11 is 0. The van der Waals surface area contributed by atoms with Crippen molar-refractivity contribution < 1.29 is 17.9 Å². The van der Waals surface area contributed by atoms with Gasteiger partial charge in [0.1, 0.15) is 0 Å². The van der Waals surface area contributed by atoms with Crippen LogP contribution in [0.4, 0.5) is 0 Å². The number of sulfonamides is 1. The zero-order chi connectivity index (χ0) is 13.4. The number of hydrogen-bond donors (Lipinski definition) is 3. The zero-order valence-corrected chi connectivity index (χ0v) is 11.4. The van der Waals surface area contributed by atoms with Crippen LogP contribution in [0.2, 0.25) is 0 Å². The van der Waals surface area contributed by atoms with E-state index in [1.165, 1.54) is 0 Å². The Bertz CT molecular complexity index is 352. The average Bonchev–Trinajstić information content (AvgIpc) is 2.29. The number of carbonyl (C=O) groups excluding carboxylic acids is 1. The number of carbonyl (C=O) groups is 1. The maximum atomic E-state index is 11.5. The summed E-state index contributed by atoms with van der Waals surface area (Å²) in [5, 5.41) is 5.70. The quantitative estimate of drug-likeness (QED) is 0.523. The lowest BCUT2D eigenvalue weighted by molar-refractivity contribution is -0.124. The lowest BCUT2D eigenvalue weighted by Crippen LogP contribution is -2.42. The van der Waals surface area contributed by atoms with Gasteiger partial charge in [-0.3, -0.25) is 4.79 Å². The van der Waals surface area contributed by atoms with Gasteiger partial charge in [0.15, 0.2) is 0 Å². The molecule has 7 nitrogen and oxygen atoms in total. The molecule has 1 aliphatic heterocycles. The normalized spacial score (nSPS) is 20.6. The maximum absolute atomic E-state index is 11.5. The Hall–Kier alpha value is -0.700. The lowest BCUT2D eigenvalue weighted by Gasteiger charge is -2.23. The molecule has 0 aromatic rings. The van der Waals surface area contributed by atoms with Gasteiger partial charge in [-0.25, -0.2) is 13.1 Å². The van der Waals surface area contributed by atoms with Gasteiger partial charge in [0.05, 0.1) is 24.9 Å². The van der Waals surface area contributed by atoms with Crippen LogP contribution in [0.3, 0.4) is 0 Å². The summed E-state index contributed by atoms with van der Waals surface area (Å²) < 4.78 is 30.4. The van der Waals surface area contributed by atoms with Crippen LogP contribution in [-0.4, -0.2) is 59.0 Å². The maximum Gasteiger partial charge on any atom is 0.222 e. The smallest absolute Gasteiger partial charge is 0.222 e. The second kappa shape index (κ2) is 7.67. The van der Waals surface area contributed by atoms with Gasteiger partial charge in [0.2, 0.25) is 15.9 Å². The Morgan fingerprint density at radius 1 is 1.50 bits per heavy atom. The van der Waals surface area contributed by atoms with Gasteiger partial charge >= 0.3 is 0 Å². The molecule has 1 unspecified atom stereocenters. The molecule has 0 aromatic heterocycles. The molecular weight excluding hydrogens is 258 g/mol. The Morgan fingerprint density at radius 3 is 2.89 bits per heavy atom. The Morgan fingerprint density at radius 2 is 2.28 bits per heavy atom. The minimum atomic E-state index is -3.27. The Kier molecular flexibility index (Phi) is 6.55. The second-order valence-corrected chi connectivity index (χ2v) is 5.99. The van der Waals surface area contributed by atoms with Gasteiger partial charge in [-0.15, -0.1) is 0 Å². The molecule has 0 bridgehead atoms. The first-order valence-electron chi connectivity index (χ1n) is 6.10. The van der Waals surface area contributed by atoms with Crippen LogP contribution >= 0.6 is 0 Å². The van der Waals surface area contributed by atoms with Gasteiger partial charge in [-0.1, -0.05) is 6.92 Å². The van der Waals surface area contributed by atoms with Gasteiger partial charge in [0, 0.05) is 26.2 Å². The highest BCUT2D eigenvalue weighted by atomic mass is 32.2. The minimum Gasteiger partial charge on any atom is -0.375 e. The molecule has 0 spiro atoms. The number of amides is 1. The van der Waals surface area contributed by atoms with Crippen LogP contribution in [0.25, 0.3) is 0 Å². The molecule has 1 saturated heterocycles. The molecule has 1 atom stereocenters. The van der Waals surface area contributed by atoms with E-state index in [1.807, 2.05) is 0 Å². The van der Waals surface area contributed by atoms with Crippen molar-refractivity contribution in [3.63, 3.8) is 0 Å². The van der Waals surface area contributed by atoms with Gasteiger partial charge in [-0.05, 0) is 0 Å². The van der Waals surface area contributed by atoms with Crippen molar-refractivity contribution in [3.05, 3.63) is 0 Å². The highest BCUT2D eigenvalue weighted by Gasteiger charge is 2.17. The lowest BCUT2D eigenvalue weighted by atomic mass is 10.2. The largest absolute Gasteiger partial charge is 0.375 e. The number of morpholine rings is 1. The van der Waals surface area contributed by atoms with Crippen LogP contribution in [0.5, 0.6) is 0 Å². The van der Waals surface area contributed by atoms with E-state index in [1.54, 1.807) is 6.92 Å². The van der Waals surface area contributed by atoms with Crippen molar-refractivity contribution in [2.45, 2.75) is 19.4 Å². The topological polar surface area (TPSA) is 96.5 Å². The van der Waals surface area contributed by atoms with E-state index in [-0.39, 0.29) is 30.7 Å². The summed E-state index contributed by atoms with van der Waals surface area (Å²) in [6, 6.07) is 0. The highest BCUT2D eigenvalue weighted by molar-refractivity contribution is 7.89. The van der Waals surface area contributed by atoms with E-state index in [0.29, 0.717) is 19.7 Å². The van der Waals surface area contributed by atoms with E-state index >= 15 is 0 Å². The summed E-state index contributed by atoms with van der Waals surface area (Å²) in [6.07, 6.45) is 0.137. The van der Waals surface area contributed by atoms with Gasteiger partial charge in [-0.2, -0.15) is 0 Å². The number of nitrogens with one attached hydrogen (secondary N) is 3. The fourth-order valence-corrected chi connectivity index (χ4v) is 2.60. The van der Waals surface area contributed by atoms with E-state index in [9.17, 15) is 13.2 Å². The van der Waals surface area contributed by atoms with E-state index in [2.05, 4.69) is 15.4 Å². The molecule has 1 heterocycles. The summed E-state index contributed by atoms with van der Waals surface area (Å²) in [5.74, 6) is -0.286. The monoisotopic (exact) mass is 279 g/mol. The Labute approximate surface area is 108 Å². The van der Waals surface area contributed by atoms with Crippen LogP contribution in [0, 0.1) is 0 Å². The van der Waals surface area contributed by atoms with Crippen molar-refractivity contribution in [1.82, 2.24) is 15.4 Å². The molecule has 1 rings (SSSR count). The molecule has 8 heteroatoms. The first-order chi connectivity index (χ1) is 8.53. The van der Waals surface area contributed by atoms with Crippen molar-refractivity contribution in [2.24, 2.45) is 0 Å². The van der Waals surface area contributed by atoms with E-state index < -0.39 is 10.0 Å². The second-order valence-electron chi connectivity index (χ2n) is 4.07. The Balaban J connectivity index is 2.16. The average molecular weight is 279 g/mol. The third kappa shape index (κ3) is 6.29. The van der Waals surface area contributed by atoms with Crippen LogP contribution in [0.15, 0.2) is 0 Å². The molecule has 3 N–H and O–H groups in total. The van der Waals surface area contributed by atoms with Gasteiger partial charge < -0.3 is 15.4 Å².